The van der Waals surface area contributed by atoms with E-state index in [4.69, 9.17) is 0 Å². The number of anilines is 1. The van der Waals surface area contributed by atoms with E-state index in [1.807, 2.05) is 28.8 Å². The normalized spacial score (nSPS) is 16.3. The van der Waals surface area contributed by atoms with E-state index in [9.17, 15) is 9.90 Å². The molecule has 1 aromatic heterocycles. The van der Waals surface area contributed by atoms with Crippen LogP contribution in [0.25, 0.3) is 0 Å². The summed E-state index contributed by atoms with van der Waals surface area (Å²) in [6.45, 7) is 2.02. The molecular formula is C18H22N4O2. The molecule has 1 aromatic carbocycles. The number of para-hydroxylation sites is 1. The van der Waals surface area contributed by atoms with Crippen molar-refractivity contribution in [2.45, 2.75) is 32.4 Å². The van der Waals surface area contributed by atoms with E-state index in [-0.39, 0.29) is 12.5 Å². The first-order valence-corrected chi connectivity index (χ1v) is 8.48. The van der Waals surface area contributed by atoms with Crippen LogP contribution in [-0.4, -0.2) is 38.8 Å². The molecule has 0 radical (unpaired) electrons. The van der Waals surface area contributed by atoms with E-state index in [0.29, 0.717) is 18.8 Å². The van der Waals surface area contributed by atoms with Gasteiger partial charge in [0.2, 0.25) is 0 Å². The van der Waals surface area contributed by atoms with Gasteiger partial charge in [0.15, 0.2) is 0 Å². The summed E-state index contributed by atoms with van der Waals surface area (Å²) in [6, 6.07) is 5.97. The van der Waals surface area contributed by atoms with Crippen LogP contribution >= 0.6 is 0 Å². The number of hydrogen-bond donors (Lipinski definition) is 2. The summed E-state index contributed by atoms with van der Waals surface area (Å²) in [5.41, 5.74) is 5.77. The summed E-state index contributed by atoms with van der Waals surface area (Å²) in [6.07, 6.45) is 2.89. The predicted octanol–water partition coefficient (Wildman–Crippen LogP) is 1.47. The summed E-state index contributed by atoms with van der Waals surface area (Å²) in [5, 5.41) is 17.3. The Labute approximate surface area is 141 Å². The highest BCUT2D eigenvalue weighted by molar-refractivity contribution is 6.00. The van der Waals surface area contributed by atoms with E-state index in [0.717, 1.165) is 48.3 Å². The van der Waals surface area contributed by atoms with Crippen LogP contribution in [0.5, 0.6) is 0 Å². The maximum absolute atomic E-state index is 13.1. The number of carbonyl (C=O) groups is 1. The Morgan fingerprint density at radius 3 is 3.08 bits per heavy atom. The molecule has 0 unspecified atom stereocenters. The minimum atomic E-state index is -0.0898. The number of benzene rings is 1. The van der Waals surface area contributed by atoms with E-state index < -0.39 is 0 Å². The van der Waals surface area contributed by atoms with Crippen molar-refractivity contribution in [1.29, 1.82) is 0 Å². The van der Waals surface area contributed by atoms with Gasteiger partial charge >= 0.3 is 0 Å². The zero-order valence-electron chi connectivity index (χ0n) is 13.9. The molecular weight excluding hydrogens is 304 g/mol. The molecule has 2 N–H and O–H groups in total. The number of fused-ring (bicyclic) bond motifs is 2. The summed E-state index contributed by atoms with van der Waals surface area (Å²) < 4.78 is 1.83. The first-order valence-electron chi connectivity index (χ1n) is 8.48. The molecule has 4 rings (SSSR count). The number of nitrogens with zero attached hydrogens (tertiary/aromatic N) is 3. The fraction of sp³-hybridized carbons (Fsp3) is 0.444. The Hall–Kier alpha value is -2.34. The van der Waals surface area contributed by atoms with Gasteiger partial charge in [-0.1, -0.05) is 12.1 Å². The second-order valence-electron chi connectivity index (χ2n) is 6.50. The number of amides is 1. The lowest BCUT2D eigenvalue weighted by atomic mass is 9.97. The largest absolute Gasteiger partial charge is 0.390 e. The van der Waals surface area contributed by atoms with Gasteiger partial charge in [0.05, 0.1) is 23.6 Å². The first-order chi connectivity index (χ1) is 11.7. The van der Waals surface area contributed by atoms with Crippen LogP contribution in [0.4, 0.5) is 5.69 Å². The Bertz CT molecular complexity index is 797. The van der Waals surface area contributed by atoms with Crippen molar-refractivity contribution < 1.29 is 9.90 Å². The van der Waals surface area contributed by atoms with Crippen molar-refractivity contribution in [1.82, 2.24) is 14.7 Å². The zero-order chi connectivity index (χ0) is 16.7. The number of hydrogen-bond acceptors (Lipinski definition) is 4. The van der Waals surface area contributed by atoms with Gasteiger partial charge in [-0.15, -0.1) is 0 Å². The number of aromatic nitrogens is 2. The maximum atomic E-state index is 13.1. The van der Waals surface area contributed by atoms with Gasteiger partial charge in [0.25, 0.3) is 5.91 Å². The zero-order valence-corrected chi connectivity index (χ0v) is 13.9. The Morgan fingerprint density at radius 2 is 2.25 bits per heavy atom. The Kier molecular flexibility index (Phi) is 3.76. The Balaban J connectivity index is 1.65. The van der Waals surface area contributed by atoms with Gasteiger partial charge in [-0.05, 0) is 24.5 Å². The third kappa shape index (κ3) is 2.38. The van der Waals surface area contributed by atoms with Crippen molar-refractivity contribution >= 4 is 11.6 Å². The number of carbonyl (C=O) groups excluding carboxylic acids is 1. The van der Waals surface area contributed by atoms with Crippen molar-refractivity contribution in [3.05, 3.63) is 46.3 Å². The maximum Gasteiger partial charge on any atom is 0.256 e. The highest BCUT2D eigenvalue weighted by Crippen LogP contribution is 2.29. The smallest absolute Gasteiger partial charge is 0.256 e. The van der Waals surface area contributed by atoms with Gasteiger partial charge in [0.1, 0.15) is 0 Å². The number of aryl methyl sites for hydroxylation is 2. The lowest BCUT2D eigenvalue weighted by Gasteiger charge is -2.29. The van der Waals surface area contributed by atoms with Crippen LogP contribution in [0.1, 0.15) is 39.3 Å². The minimum absolute atomic E-state index is 0.0552. The van der Waals surface area contributed by atoms with Crippen molar-refractivity contribution in [2.75, 3.05) is 18.4 Å². The van der Waals surface area contributed by atoms with E-state index >= 15 is 0 Å². The van der Waals surface area contributed by atoms with Crippen molar-refractivity contribution in [3.63, 3.8) is 0 Å². The molecule has 1 amide bonds. The van der Waals surface area contributed by atoms with E-state index in [1.54, 1.807) is 0 Å². The van der Waals surface area contributed by atoms with Crippen LogP contribution in [0.3, 0.4) is 0 Å². The number of aliphatic hydroxyl groups excluding tert-OH is 1. The SMILES string of the molecule is Cn1nc(CO)c2c1CCN(C(=O)c1cccc3c1NCCC3)C2. The Morgan fingerprint density at radius 1 is 1.38 bits per heavy atom. The molecule has 24 heavy (non-hydrogen) atoms. The van der Waals surface area contributed by atoms with Gasteiger partial charge < -0.3 is 15.3 Å². The number of rotatable bonds is 2. The molecule has 0 saturated carbocycles. The molecule has 6 heteroatoms. The monoisotopic (exact) mass is 326 g/mol. The molecule has 0 atom stereocenters. The summed E-state index contributed by atoms with van der Waals surface area (Å²) in [4.78, 5) is 15.0. The molecule has 0 bridgehead atoms. The molecule has 6 nitrogen and oxygen atoms in total. The third-order valence-electron chi connectivity index (χ3n) is 5.07. The summed E-state index contributed by atoms with van der Waals surface area (Å²) >= 11 is 0. The molecule has 2 aliphatic rings. The quantitative estimate of drug-likeness (QED) is 0.877. The average Bonchev–Trinajstić information content (AvgIpc) is 2.96. The van der Waals surface area contributed by atoms with E-state index in [1.165, 1.54) is 5.56 Å². The lowest BCUT2D eigenvalue weighted by Crippen LogP contribution is -2.37. The molecule has 126 valence electrons. The third-order valence-corrected chi connectivity index (χ3v) is 5.07. The fourth-order valence-electron chi connectivity index (χ4n) is 3.83. The molecule has 3 heterocycles. The molecule has 0 saturated heterocycles. The second-order valence-corrected chi connectivity index (χ2v) is 6.50. The first kappa shape index (κ1) is 15.2. The van der Waals surface area contributed by atoms with Gasteiger partial charge in [-0.25, -0.2) is 0 Å². The van der Waals surface area contributed by atoms with Gasteiger partial charge in [-0.2, -0.15) is 5.10 Å². The highest BCUT2D eigenvalue weighted by Gasteiger charge is 2.28. The summed E-state index contributed by atoms with van der Waals surface area (Å²) in [7, 11) is 1.90. The van der Waals surface area contributed by atoms with Crippen LogP contribution in [0, 0.1) is 0 Å². The van der Waals surface area contributed by atoms with Crippen LogP contribution in [0.15, 0.2) is 18.2 Å². The van der Waals surface area contributed by atoms with Gasteiger partial charge in [0, 0.05) is 44.4 Å². The highest BCUT2D eigenvalue weighted by atomic mass is 16.3. The molecule has 0 fully saturated rings. The topological polar surface area (TPSA) is 70.4 Å². The standard InChI is InChI=1S/C18H22N4O2/c1-21-16-7-9-22(10-14(16)15(11-23)20-21)18(24)13-6-2-4-12-5-3-8-19-17(12)13/h2,4,6,19,23H,3,5,7-11H2,1H3. The van der Waals surface area contributed by atoms with Crippen molar-refractivity contribution in [2.24, 2.45) is 7.05 Å². The van der Waals surface area contributed by atoms with Crippen LogP contribution < -0.4 is 5.32 Å². The molecule has 0 spiro atoms. The second kappa shape index (κ2) is 5.94. The lowest BCUT2D eigenvalue weighted by molar-refractivity contribution is 0.0733. The van der Waals surface area contributed by atoms with E-state index in [2.05, 4.69) is 16.5 Å². The van der Waals surface area contributed by atoms with Crippen LogP contribution in [-0.2, 0) is 33.0 Å². The van der Waals surface area contributed by atoms with Crippen LogP contribution in [0.2, 0.25) is 0 Å². The molecule has 2 aliphatic heterocycles. The van der Waals surface area contributed by atoms with Crippen molar-refractivity contribution in [3.8, 4) is 0 Å². The summed E-state index contributed by atoms with van der Waals surface area (Å²) in [5.74, 6) is 0.0552. The number of nitrogens with one attached hydrogen (secondary N) is 1. The number of aliphatic hydroxyl groups is 1. The minimum Gasteiger partial charge on any atom is -0.390 e. The molecule has 0 aliphatic carbocycles. The van der Waals surface area contributed by atoms with Gasteiger partial charge in [-0.3, -0.25) is 9.48 Å². The average molecular weight is 326 g/mol. The molecule has 2 aromatic rings. The predicted molar refractivity (Wildman–Crippen MR) is 90.8 cm³/mol. The fourth-order valence-corrected chi connectivity index (χ4v) is 3.83.